The number of amides is 1. The number of aryl methyl sites for hydroxylation is 1. The first-order valence-corrected chi connectivity index (χ1v) is 7.09. The molecule has 1 amide bonds. The molecule has 1 aromatic heterocycles. The van der Waals surface area contributed by atoms with Crippen molar-refractivity contribution < 1.29 is 4.79 Å². The van der Waals surface area contributed by atoms with Gasteiger partial charge in [-0.3, -0.25) is 9.89 Å². The van der Waals surface area contributed by atoms with Crippen LogP contribution in [-0.4, -0.2) is 47.7 Å². The maximum atomic E-state index is 12.4. The number of H-pyrrole nitrogens is 1. The monoisotopic (exact) mass is 264 g/mol. The zero-order valence-corrected chi connectivity index (χ0v) is 12.1. The van der Waals surface area contributed by atoms with E-state index < -0.39 is 0 Å². The third-order valence-electron chi connectivity index (χ3n) is 4.16. The summed E-state index contributed by atoms with van der Waals surface area (Å²) >= 11 is 0. The summed E-state index contributed by atoms with van der Waals surface area (Å²) in [5.41, 5.74) is 2.54. The largest absolute Gasteiger partial charge is 0.337 e. The van der Waals surface area contributed by atoms with E-state index in [-0.39, 0.29) is 5.91 Å². The number of piperidine rings is 1. The van der Waals surface area contributed by atoms with Gasteiger partial charge in [-0.25, -0.2) is 0 Å². The number of rotatable bonds is 4. The quantitative estimate of drug-likeness (QED) is 0.866. The third kappa shape index (κ3) is 3.15. The van der Waals surface area contributed by atoms with E-state index in [0.717, 1.165) is 49.7 Å². The van der Waals surface area contributed by atoms with E-state index in [1.54, 1.807) is 0 Å². The molecule has 0 aromatic carbocycles. The standard InChI is InChI=1S/C14H24N4O/c1-10-11(2)16-17-13(10)14(19)18-8-5-12(6-9-18)4-7-15-3/h12,15H,4-9H2,1-3H3,(H,16,17). The number of likely N-dealkylation sites (tertiary alicyclic amines) is 1. The van der Waals surface area contributed by atoms with Gasteiger partial charge in [0, 0.05) is 24.3 Å². The van der Waals surface area contributed by atoms with Crippen LogP contribution in [0, 0.1) is 19.8 Å². The van der Waals surface area contributed by atoms with Crippen LogP contribution in [0.2, 0.25) is 0 Å². The van der Waals surface area contributed by atoms with Crippen molar-refractivity contribution in [1.82, 2.24) is 20.4 Å². The number of carbonyl (C=O) groups is 1. The van der Waals surface area contributed by atoms with Gasteiger partial charge in [0.25, 0.3) is 5.91 Å². The Labute approximate surface area is 114 Å². The van der Waals surface area contributed by atoms with E-state index in [9.17, 15) is 4.79 Å². The molecular formula is C14H24N4O. The lowest BCUT2D eigenvalue weighted by Gasteiger charge is -2.31. The molecule has 5 nitrogen and oxygen atoms in total. The Hall–Kier alpha value is -1.36. The van der Waals surface area contributed by atoms with Gasteiger partial charge < -0.3 is 10.2 Å². The van der Waals surface area contributed by atoms with Crippen molar-refractivity contribution in [2.75, 3.05) is 26.7 Å². The summed E-state index contributed by atoms with van der Waals surface area (Å²) < 4.78 is 0. The normalized spacial score (nSPS) is 16.9. The smallest absolute Gasteiger partial charge is 0.274 e. The first-order valence-electron chi connectivity index (χ1n) is 7.09. The minimum Gasteiger partial charge on any atom is -0.337 e. The molecule has 2 rings (SSSR count). The minimum atomic E-state index is 0.0777. The molecule has 1 saturated heterocycles. The van der Waals surface area contributed by atoms with Gasteiger partial charge >= 0.3 is 0 Å². The molecule has 0 spiro atoms. The predicted molar refractivity (Wildman–Crippen MR) is 75.2 cm³/mol. The van der Waals surface area contributed by atoms with Gasteiger partial charge in [-0.2, -0.15) is 5.10 Å². The Morgan fingerprint density at radius 2 is 2.11 bits per heavy atom. The molecule has 19 heavy (non-hydrogen) atoms. The maximum Gasteiger partial charge on any atom is 0.274 e. The maximum absolute atomic E-state index is 12.4. The molecule has 2 N–H and O–H groups in total. The Bertz CT molecular complexity index is 433. The van der Waals surface area contributed by atoms with Gasteiger partial charge in [0.05, 0.1) is 0 Å². The molecule has 0 radical (unpaired) electrons. The molecule has 1 aliphatic heterocycles. The fourth-order valence-electron chi connectivity index (χ4n) is 2.62. The molecule has 1 aliphatic rings. The topological polar surface area (TPSA) is 61.0 Å². The number of hydrogen-bond acceptors (Lipinski definition) is 3. The molecule has 0 atom stereocenters. The highest BCUT2D eigenvalue weighted by Crippen LogP contribution is 2.22. The van der Waals surface area contributed by atoms with Crippen molar-refractivity contribution in [3.05, 3.63) is 17.0 Å². The second-order valence-electron chi connectivity index (χ2n) is 5.45. The van der Waals surface area contributed by atoms with Crippen LogP contribution >= 0.6 is 0 Å². The predicted octanol–water partition coefficient (Wildman–Crippen LogP) is 1.49. The summed E-state index contributed by atoms with van der Waals surface area (Å²) in [5, 5.41) is 10.2. The summed E-state index contributed by atoms with van der Waals surface area (Å²) in [6.45, 7) is 6.68. The second kappa shape index (κ2) is 6.19. The van der Waals surface area contributed by atoms with Crippen LogP contribution in [0.5, 0.6) is 0 Å². The SMILES string of the molecule is CNCCC1CCN(C(=O)c2n[nH]c(C)c2C)CC1. The number of aromatic amines is 1. The average molecular weight is 264 g/mol. The van der Waals surface area contributed by atoms with Crippen LogP contribution in [-0.2, 0) is 0 Å². The van der Waals surface area contributed by atoms with E-state index in [1.807, 2.05) is 25.8 Å². The molecule has 5 heteroatoms. The van der Waals surface area contributed by atoms with Gasteiger partial charge in [-0.15, -0.1) is 0 Å². The van der Waals surface area contributed by atoms with Crippen LogP contribution in [0.4, 0.5) is 0 Å². The van der Waals surface area contributed by atoms with Crippen LogP contribution in [0.15, 0.2) is 0 Å². The first-order chi connectivity index (χ1) is 9.13. The lowest BCUT2D eigenvalue weighted by Crippen LogP contribution is -2.39. The van der Waals surface area contributed by atoms with Crippen LogP contribution < -0.4 is 5.32 Å². The zero-order chi connectivity index (χ0) is 13.8. The first kappa shape index (κ1) is 14.1. The number of nitrogens with zero attached hydrogens (tertiary/aromatic N) is 2. The van der Waals surface area contributed by atoms with E-state index in [2.05, 4.69) is 15.5 Å². The van der Waals surface area contributed by atoms with E-state index in [1.165, 1.54) is 6.42 Å². The van der Waals surface area contributed by atoms with Crippen molar-refractivity contribution in [3.63, 3.8) is 0 Å². The van der Waals surface area contributed by atoms with Gasteiger partial charge in [0.15, 0.2) is 5.69 Å². The number of nitrogens with one attached hydrogen (secondary N) is 2. The molecule has 0 unspecified atom stereocenters. The fourth-order valence-corrected chi connectivity index (χ4v) is 2.62. The highest BCUT2D eigenvalue weighted by Gasteiger charge is 2.25. The van der Waals surface area contributed by atoms with E-state index in [4.69, 9.17) is 0 Å². The van der Waals surface area contributed by atoms with Crippen molar-refractivity contribution in [3.8, 4) is 0 Å². The Morgan fingerprint density at radius 1 is 1.42 bits per heavy atom. The molecule has 0 saturated carbocycles. The molecule has 0 aliphatic carbocycles. The summed E-state index contributed by atoms with van der Waals surface area (Å²) in [4.78, 5) is 14.3. The Kier molecular flexibility index (Phi) is 4.58. The number of aromatic nitrogens is 2. The van der Waals surface area contributed by atoms with E-state index >= 15 is 0 Å². The summed E-state index contributed by atoms with van der Waals surface area (Å²) in [5.74, 6) is 0.826. The van der Waals surface area contributed by atoms with Gasteiger partial charge in [-0.1, -0.05) is 0 Å². The van der Waals surface area contributed by atoms with Gasteiger partial charge in [0.1, 0.15) is 0 Å². The Morgan fingerprint density at radius 3 is 2.63 bits per heavy atom. The minimum absolute atomic E-state index is 0.0777. The highest BCUT2D eigenvalue weighted by atomic mass is 16.2. The van der Waals surface area contributed by atoms with Gasteiger partial charge in [-0.05, 0) is 52.6 Å². The van der Waals surface area contributed by atoms with Crippen molar-refractivity contribution in [2.24, 2.45) is 5.92 Å². The molecule has 1 fully saturated rings. The molecular weight excluding hydrogens is 240 g/mol. The molecule has 1 aromatic rings. The van der Waals surface area contributed by atoms with Crippen LogP contribution in [0.1, 0.15) is 41.0 Å². The van der Waals surface area contributed by atoms with Crippen molar-refractivity contribution in [1.29, 1.82) is 0 Å². The molecule has 0 bridgehead atoms. The van der Waals surface area contributed by atoms with Crippen LogP contribution in [0.3, 0.4) is 0 Å². The average Bonchev–Trinajstić information content (AvgIpc) is 2.76. The highest BCUT2D eigenvalue weighted by molar-refractivity contribution is 5.93. The van der Waals surface area contributed by atoms with Gasteiger partial charge in [0.2, 0.25) is 0 Å². The summed E-state index contributed by atoms with van der Waals surface area (Å²) in [6.07, 6.45) is 3.42. The van der Waals surface area contributed by atoms with Crippen molar-refractivity contribution >= 4 is 5.91 Å². The molecule has 2 heterocycles. The van der Waals surface area contributed by atoms with Crippen molar-refractivity contribution in [2.45, 2.75) is 33.1 Å². The fraction of sp³-hybridized carbons (Fsp3) is 0.714. The second-order valence-corrected chi connectivity index (χ2v) is 5.45. The molecule has 106 valence electrons. The number of carbonyl (C=O) groups excluding carboxylic acids is 1. The third-order valence-corrected chi connectivity index (χ3v) is 4.16. The van der Waals surface area contributed by atoms with E-state index in [0.29, 0.717) is 5.69 Å². The number of hydrogen-bond donors (Lipinski definition) is 2. The van der Waals surface area contributed by atoms with Crippen LogP contribution in [0.25, 0.3) is 0 Å². The zero-order valence-electron chi connectivity index (χ0n) is 12.1. The summed E-state index contributed by atoms with van der Waals surface area (Å²) in [7, 11) is 1.99. The lowest BCUT2D eigenvalue weighted by molar-refractivity contribution is 0.0680. The summed E-state index contributed by atoms with van der Waals surface area (Å²) in [6, 6.07) is 0. The lowest BCUT2D eigenvalue weighted by atomic mass is 9.93. The Balaban J connectivity index is 1.91.